The number of halogens is 5. The number of amidine groups is 1. The topological polar surface area (TPSA) is 67.8 Å². The third kappa shape index (κ3) is 3.98. The zero-order valence-corrected chi connectivity index (χ0v) is 10.9. The standard InChI is InChI=1S/C10H9BrF4N2O2/c11-5-1-2-6(8(16)17-18)7(3-5)19-4-10(14,15)9(12)13/h1-3,9,18H,4H2,(H2,16,17). The van der Waals surface area contributed by atoms with Gasteiger partial charge in [0, 0.05) is 4.47 Å². The van der Waals surface area contributed by atoms with E-state index in [1.54, 1.807) is 0 Å². The van der Waals surface area contributed by atoms with Gasteiger partial charge >= 0.3 is 12.3 Å². The van der Waals surface area contributed by atoms with Crippen LogP contribution < -0.4 is 10.5 Å². The van der Waals surface area contributed by atoms with Crippen molar-refractivity contribution >= 4 is 21.8 Å². The number of nitrogens with zero attached hydrogens (tertiary/aromatic N) is 1. The predicted octanol–water partition coefficient (Wildman–Crippen LogP) is 2.82. The van der Waals surface area contributed by atoms with Crippen LogP contribution in [0.25, 0.3) is 0 Å². The first kappa shape index (κ1) is 15.5. The van der Waals surface area contributed by atoms with Crippen molar-refractivity contribution in [3.63, 3.8) is 0 Å². The minimum absolute atomic E-state index is 0.00997. The van der Waals surface area contributed by atoms with Crippen LogP contribution in [-0.4, -0.2) is 30.0 Å². The molecule has 0 saturated carbocycles. The summed E-state index contributed by atoms with van der Waals surface area (Å²) < 4.78 is 54.6. The van der Waals surface area contributed by atoms with E-state index in [9.17, 15) is 17.6 Å². The van der Waals surface area contributed by atoms with Gasteiger partial charge in [-0.15, -0.1) is 0 Å². The Kier molecular flexibility index (Phi) is 4.98. The molecule has 0 heterocycles. The van der Waals surface area contributed by atoms with Gasteiger partial charge in [-0.05, 0) is 18.2 Å². The summed E-state index contributed by atoms with van der Waals surface area (Å²) in [6, 6.07) is 4.06. The van der Waals surface area contributed by atoms with Gasteiger partial charge in [0.2, 0.25) is 0 Å². The summed E-state index contributed by atoms with van der Waals surface area (Å²) >= 11 is 3.06. The van der Waals surface area contributed by atoms with Gasteiger partial charge in [0.05, 0.1) is 5.56 Å². The molecule has 0 atom stereocenters. The van der Waals surface area contributed by atoms with Crippen molar-refractivity contribution in [1.82, 2.24) is 0 Å². The molecule has 0 spiro atoms. The molecule has 0 unspecified atom stereocenters. The van der Waals surface area contributed by atoms with Gasteiger partial charge in [0.15, 0.2) is 12.4 Å². The molecule has 0 aliphatic rings. The average molecular weight is 345 g/mol. The van der Waals surface area contributed by atoms with Crippen molar-refractivity contribution in [3.8, 4) is 5.75 Å². The minimum Gasteiger partial charge on any atom is -0.486 e. The number of hydrogen-bond acceptors (Lipinski definition) is 3. The Labute approximate surface area is 114 Å². The van der Waals surface area contributed by atoms with E-state index in [0.29, 0.717) is 4.47 Å². The number of hydrogen-bond donors (Lipinski definition) is 2. The highest BCUT2D eigenvalue weighted by Gasteiger charge is 2.41. The molecule has 0 saturated heterocycles. The van der Waals surface area contributed by atoms with Crippen molar-refractivity contribution in [2.45, 2.75) is 12.3 Å². The zero-order valence-electron chi connectivity index (χ0n) is 9.29. The molecule has 9 heteroatoms. The lowest BCUT2D eigenvalue weighted by molar-refractivity contribution is -0.148. The summed E-state index contributed by atoms with van der Waals surface area (Å²) in [7, 11) is 0. The molecule has 1 rings (SSSR count). The number of benzene rings is 1. The summed E-state index contributed by atoms with van der Waals surface area (Å²) in [5, 5.41) is 11.2. The molecule has 1 aromatic carbocycles. The summed E-state index contributed by atoms with van der Waals surface area (Å²) in [4.78, 5) is 0. The maximum absolute atomic E-state index is 12.7. The van der Waals surface area contributed by atoms with Gasteiger partial charge < -0.3 is 15.7 Å². The Balaban J connectivity index is 2.97. The highest BCUT2D eigenvalue weighted by atomic mass is 79.9. The molecule has 0 aromatic heterocycles. The van der Waals surface area contributed by atoms with Crippen LogP contribution in [0.1, 0.15) is 5.56 Å². The monoisotopic (exact) mass is 344 g/mol. The predicted molar refractivity (Wildman–Crippen MR) is 63.1 cm³/mol. The quantitative estimate of drug-likeness (QED) is 0.284. The van der Waals surface area contributed by atoms with Crippen LogP contribution in [0.15, 0.2) is 27.8 Å². The summed E-state index contributed by atoms with van der Waals surface area (Å²) in [5.41, 5.74) is 5.32. The molecule has 106 valence electrons. The largest absolute Gasteiger partial charge is 0.486 e. The molecule has 0 fully saturated rings. The van der Waals surface area contributed by atoms with Crippen molar-refractivity contribution in [3.05, 3.63) is 28.2 Å². The number of alkyl halides is 4. The maximum atomic E-state index is 12.7. The van der Waals surface area contributed by atoms with E-state index in [1.165, 1.54) is 18.2 Å². The van der Waals surface area contributed by atoms with Gasteiger partial charge in [0.1, 0.15) is 5.75 Å². The van der Waals surface area contributed by atoms with Gasteiger partial charge in [-0.2, -0.15) is 8.78 Å². The Morgan fingerprint density at radius 3 is 2.63 bits per heavy atom. The van der Waals surface area contributed by atoms with Crippen LogP contribution in [0.3, 0.4) is 0 Å². The number of ether oxygens (including phenoxy) is 1. The first-order chi connectivity index (χ1) is 8.77. The van der Waals surface area contributed by atoms with E-state index in [4.69, 9.17) is 10.9 Å². The summed E-state index contributed by atoms with van der Waals surface area (Å²) in [6.07, 6.45) is -3.84. The first-order valence-electron chi connectivity index (χ1n) is 4.84. The number of nitrogens with two attached hydrogens (primary N) is 1. The van der Waals surface area contributed by atoms with Crippen molar-refractivity contribution in [2.75, 3.05) is 6.61 Å². The number of rotatable bonds is 5. The SMILES string of the molecule is N/C(=N/O)c1ccc(Br)cc1OCC(F)(F)C(F)F. The van der Waals surface area contributed by atoms with E-state index in [0.717, 1.165) is 0 Å². The molecular weight excluding hydrogens is 336 g/mol. The minimum atomic E-state index is -4.29. The van der Waals surface area contributed by atoms with Crippen molar-refractivity contribution < 1.29 is 27.5 Å². The molecule has 3 N–H and O–H groups in total. The Hall–Kier alpha value is -1.51. The van der Waals surface area contributed by atoms with Crippen LogP contribution in [0.2, 0.25) is 0 Å². The van der Waals surface area contributed by atoms with Crippen LogP contribution in [-0.2, 0) is 0 Å². The van der Waals surface area contributed by atoms with Gasteiger partial charge in [-0.3, -0.25) is 0 Å². The molecule has 1 aromatic rings. The maximum Gasteiger partial charge on any atom is 0.340 e. The van der Waals surface area contributed by atoms with Crippen LogP contribution >= 0.6 is 15.9 Å². The lowest BCUT2D eigenvalue weighted by Crippen LogP contribution is -2.34. The molecule has 4 nitrogen and oxygen atoms in total. The molecule has 0 aliphatic carbocycles. The highest BCUT2D eigenvalue weighted by Crippen LogP contribution is 2.28. The van der Waals surface area contributed by atoms with E-state index in [-0.39, 0.29) is 17.1 Å². The Bertz CT molecular complexity index is 483. The summed E-state index contributed by atoms with van der Waals surface area (Å²) in [5.74, 6) is -4.88. The second-order valence-corrected chi connectivity index (χ2v) is 4.39. The molecular formula is C10H9BrF4N2O2. The third-order valence-electron chi connectivity index (χ3n) is 2.07. The lowest BCUT2D eigenvalue weighted by atomic mass is 10.2. The highest BCUT2D eigenvalue weighted by molar-refractivity contribution is 9.10. The van der Waals surface area contributed by atoms with Crippen LogP contribution in [0, 0.1) is 0 Å². The normalized spacial score (nSPS) is 12.8. The van der Waals surface area contributed by atoms with E-state index >= 15 is 0 Å². The average Bonchev–Trinajstić information content (AvgIpc) is 2.35. The smallest absolute Gasteiger partial charge is 0.340 e. The fourth-order valence-corrected chi connectivity index (χ4v) is 1.46. The fourth-order valence-electron chi connectivity index (χ4n) is 1.12. The van der Waals surface area contributed by atoms with E-state index < -0.39 is 19.0 Å². The van der Waals surface area contributed by atoms with Gasteiger partial charge in [0.25, 0.3) is 0 Å². The summed E-state index contributed by atoms with van der Waals surface area (Å²) in [6.45, 7) is -1.52. The molecule has 0 radical (unpaired) electrons. The first-order valence-corrected chi connectivity index (χ1v) is 5.63. The number of oxime groups is 1. The third-order valence-corrected chi connectivity index (χ3v) is 2.56. The van der Waals surface area contributed by atoms with Crippen LogP contribution in [0.5, 0.6) is 5.75 Å². The molecule has 0 aliphatic heterocycles. The van der Waals surface area contributed by atoms with E-state index in [2.05, 4.69) is 25.8 Å². The second-order valence-electron chi connectivity index (χ2n) is 3.48. The van der Waals surface area contributed by atoms with Gasteiger partial charge in [-0.25, -0.2) is 8.78 Å². The van der Waals surface area contributed by atoms with Crippen molar-refractivity contribution in [1.29, 1.82) is 0 Å². The zero-order chi connectivity index (χ0) is 14.6. The van der Waals surface area contributed by atoms with Crippen molar-refractivity contribution in [2.24, 2.45) is 10.9 Å². The Morgan fingerprint density at radius 1 is 1.47 bits per heavy atom. The fraction of sp³-hybridized carbons (Fsp3) is 0.300. The molecule has 19 heavy (non-hydrogen) atoms. The molecule has 0 amide bonds. The van der Waals surface area contributed by atoms with E-state index in [1.807, 2.05) is 0 Å². The van der Waals surface area contributed by atoms with Crippen LogP contribution in [0.4, 0.5) is 17.6 Å². The molecule has 0 bridgehead atoms. The lowest BCUT2D eigenvalue weighted by Gasteiger charge is -2.17. The Morgan fingerprint density at radius 2 is 2.11 bits per heavy atom. The van der Waals surface area contributed by atoms with Gasteiger partial charge in [-0.1, -0.05) is 21.1 Å². The second kappa shape index (κ2) is 6.09.